The molecule has 132 valence electrons. The number of nitrogens with one attached hydrogen (secondary N) is 2. The van der Waals surface area contributed by atoms with E-state index in [9.17, 15) is 9.59 Å². The standard InChI is InChI=1S/C18H19BrN2O3S/c1-24-18(23)21-14-8-6-13(7-9-14)12-20-17(22)10-11-25-16-5-3-2-4-15(16)19/h2-9H,10-12H2,1H3,(H,20,22)(H,21,23). The van der Waals surface area contributed by atoms with E-state index in [4.69, 9.17) is 0 Å². The molecule has 0 saturated carbocycles. The molecule has 7 heteroatoms. The van der Waals surface area contributed by atoms with Gasteiger partial charge in [-0.25, -0.2) is 4.79 Å². The number of hydrogen-bond donors (Lipinski definition) is 2. The van der Waals surface area contributed by atoms with Crippen LogP contribution in [0.4, 0.5) is 10.5 Å². The number of ether oxygens (including phenoxy) is 1. The van der Waals surface area contributed by atoms with E-state index in [1.54, 1.807) is 23.9 Å². The molecule has 0 saturated heterocycles. The summed E-state index contributed by atoms with van der Waals surface area (Å²) in [5, 5.41) is 5.47. The lowest BCUT2D eigenvalue weighted by Crippen LogP contribution is -2.23. The van der Waals surface area contributed by atoms with Crippen molar-refractivity contribution in [2.45, 2.75) is 17.9 Å². The maximum atomic E-state index is 11.9. The second-order valence-corrected chi connectivity index (χ2v) is 7.11. The molecule has 25 heavy (non-hydrogen) atoms. The molecule has 0 aliphatic carbocycles. The van der Waals surface area contributed by atoms with Crippen LogP contribution in [0.25, 0.3) is 0 Å². The summed E-state index contributed by atoms with van der Waals surface area (Å²) in [4.78, 5) is 24.2. The van der Waals surface area contributed by atoms with Crippen LogP contribution in [-0.4, -0.2) is 24.9 Å². The van der Waals surface area contributed by atoms with Crippen molar-refractivity contribution in [1.29, 1.82) is 0 Å². The van der Waals surface area contributed by atoms with Crippen LogP contribution in [0.3, 0.4) is 0 Å². The average Bonchev–Trinajstić information content (AvgIpc) is 2.62. The van der Waals surface area contributed by atoms with Crippen molar-refractivity contribution in [3.05, 3.63) is 58.6 Å². The zero-order valence-corrected chi connectivity index (χ0v) is 16.2. The molecule has 0 heterocycles. The summed E-state index contributed by atoms with van der Waals surface area (Å²) in [5.74, 6) is 0.729. The van der Waals surface area contributed by atoms with E-state index < -0.39 is 6.09 Å². The normalized spacial score (nSPS) is 10.2. The first-order valence-corrected chi connectivity index (χ1v) is 9.44. The van der Waals surface area contributed by atoms with Gasteiger partial charge in [0.25, 0.3) is 0 Å². The van der Waals surface area contributed by atoms with E-state index in [2.05, 4.69) is 31.3 Å². The van der Waals surface area contributed by atoms with Gasteiger partial charge < -0.3 is 10.1 Å². The molecular weight excluding hydrogens is 404 g/mol. The third kappa shape index (κ3) is 6.80. The van der Waals surface area contributed by atoms with Crippen molar-refractivity contribution in [1.82, 2.24) is 5.32 Å². The van der Waals surface area contributed by atoms with E-state index in [1.807, 2.05) is 36.4 Å². The quantitative estimate of drug-likeness (QED) is 0.647. The predicted molar refractivity (Wildman–Crippen MR) is 104 cm³/mol. The molecule has 2 N–H and O–H groups in total. The lowest BCUT2D eigenvalue weighted by atomic mass is 10.2. The van der Waals surface area contributed by atoms with Gasteiger partial charge >= 0.3 is 6.09 Å². The van der Waals surface area contributed by atoms with Crippen LogP contribution < -0.4 is 10.6 Å². The van der Waals surface area contributed by atoms with Gasteiger partial charge in [-0.3, -0.25) is 10.1 Å². The molecule has 0 unspecified atom stereocenters. The highest BCUT2D eigenvalue weighted by Crippen LogP contribution is 2.27. The molecule has 0 aliphatic rings. The van der Waals surface area contributed by atoms with Crippen molar-refractivity contribution < 1.29 is 14.3 Å². The second-order valence-electron chi connectivity index (χ2n) is 5.12. The molecule has 2 aromatic carbocycles. The minimum atomic E-state index is -0.511. The maximum absolute atomic E-state index is 11.9. The summed E-state index contributed by atoms with van der Waals surface area (Å²) in [7, 11) is 1.31. The number of hydrogen-bond acceptors (Lipinski definition) is 4. The van der Waals surface area contributed by atoms with Crippen LogP contribution in [0.2, 0.25) is 0 Å². The fraction of sp³-hybridized carbons (Fsp3) is 0.222. The molecule has 5 nitrogen and oxygen atoms in total. The molecule has 0 atom stereocenters. The number of rotatable bonds is 7. The van der Waals surface area contributed by atoms with E-state index >= 15 is 0 Å². The minimum absolute atomic E-state index is 0.0105. The Hall–Kier alpha value is -1.99. The monoisotopic (exact) mass is 422 g/mol. The van der Waals surface area contributed by atoms with E-state index in [0.717, 1.165) is 20.7 Å². The van der Waals surface area contributed by atoms with Gasteiger partial charge in [-0.05, 0) is 45.8 Å². The van der Waals surface area contributed by atoms with Crippen LogP contribution in [0.5, 0.6) is 0 Å². The topological polar surface area (TPSA) is 67.4 Å². The smallest absolute Gasteiger partial charge is 0.411 e. The van der Waals surface area contributed by atoms with Crippen LogP contribution in [0.15, 0.2) is 57.9 Å². The summed E-state index contributed by atoms with van der Waals surface area (Å²) >= 11 is 5.14. The Labute approximate surface area is 159 Å². The van der Waals surface area contributed by atoms with Crippen LogP contribution in [0.1, 0.15) is 12.0 Å². The highest BCUT2D eigenvalue weighted by Gasteiger charge is 2.05. The number of benzene rings is 2. The lowest BCUT2D eigenvalue weighted by Gasteiger charge is -2.08. The molecule has 2 aromatic rings. The number of amides is 2. The highest BCUT2D eigenvalue weighted by molar-refractivity contribution is 9.10. The van der Waals surface area contributed by atoms with Gasteiger partial charge in [0.05, 0.1) is 7.11 Å². The van der Waals surface area contributed by atoms with Gasteiger partial charge in [-0.15, -0.1) is 11.8 Å². The van der Waals surface area contributed by atoms with Gasteiger partial charge in [-0.2, -0.15) is 0 Å². The summed E-state index contributed by atoms with van der Waals surface area (Å²) in [5.41, 5.74) is 1.61. The SMILES string of the molecule is COC(=O)Nc1ccc(CNC(=O)CCSc2ccccc2Br)cc1. The zero-order valence-electron chi connectivity index (χ0n) is 13.8. The van der Waals surface area contributed by atoms with Crippen molar-refractivity contribution >= 4 is 45.4 Å². The van der Waals surface area contributed by atoms with Gasteiger partial charge in [0.1, 0.15) is 0 Å². The number of methoxy groups -OCH3 is 1. The van der Waals surface area contributed by atoms with Gasteiger partial charge in [0.2, 0.25) is 5.91 Å². The minimum Gasteiger partial charge on any atom is -0.453 e. The van der Waals surface area contributed by atoms with E-state index in [1.165, 1.54) is 7.11 Å². The Morgan fingerprint density at radius 1 is 1.12 bits per heavy atom. The Balaban J connectivity index is 1.71. The largest absolute Gasteiger partial charge is 0.453 e. The molecule has 0 bridgehead atoms. The number of carbonyl (C=O) groups is 2. The molecular formula is C18H19BrN2O3S. The highest BCUT2D eigenvalue weighted by atomic mass is 79.9. The predicted octanol–water partition coefficient (Wildman–Crippen LogP) is 4.43. The first-order valence-electron chi connectivity index (χ1n) is 7.66. The fourth-order valence-electron chi connectivity index (χ4n) is 1.98. The second kappa shape index (κ2) is 10.1. The Morgan fingerprint density at radius 2 is 1.84 bits per heavy atom. The van der Waals surface area contributed by atoms with Crippen LogP contribution >= 0.6 is 27.7 Å². The van der Waals surface area contributed by atoms with Crippen molar-refractivity contribution in [3.8, 4) is 0 Å². The third-order valence-corrected chi connectivity index (χ3v) is 5.33. The summed E-state index contributed by atoms with van der Waals surface area (Å²) < 4.78 is 5.57. The Kier molecular flexibility index (Phi) is 7.81. The van der Waals surface area contributed by atoms with Crippen molar-refractivity contribution in [3.63, 3.8) is 0 Å². The summed E-state index contributed by atoms with van der Waals surface area (Å²) in [6, 6.07) is 15.2. The number of anilines is 1. The molecule has 2 rings (SSSR count). The zero-order chi connectivity index (χ0) is 18.1. The summed E-state index contributed by atoms with van der Waals surface area (Å²) in [6.07, 6.45) is -0.0582. The molecule has 0 aliphatic heterocycles. The maximum Gasteiger partial charge on any atom is 0.411 e. The first-order chi connectivity index (χ1) is 12.1. The van der Waals surface area contributed by atoms with Gasteiger partial charge in [-0.1, -0.05) is 24.3 Å². The number of halogens is 1. The van der Waals surface area contributed by atoms with Crippen LogP contribution in [0, 0.1) is 0 Å². The molecule has 0 radical (unpaired) electrons. The number of thioether (sulfide) groups is 1. The number of carbonyl (C=O) groups excluding carboxylic acids is 2. The fourth-order valence-corrected chi connectivity index (χ4v) is 3.50. The Bertz CT molecular complexity index is 723. The molecule has 0 spiro atoms. The summed E-state index contributed by atoms with van der Waals surface area (Å²) in [6.45, 7) is 0.455. The lowest BCUT2D eigenvalue weighted by molar-refractivity contribution is -0.120. The van der Waals surface area contributed by atoms with Gasteiger partial charge in [0, 0.05) is 33.8 Å². The van der Waals surface area contributed by atoms with Crippen molar-refractivity contribution in [2.75, 3.05) is 18.2 Å². The average molecular weight is 423 g/mol. The van der Waals surface area contributed by atoms with Gasteiger partial charge in [0.15, 0.2) is 0 Å². The molecule has 0 fully saturated rings. The Morgan fingerprint density at radius 3 is 2.52 bits per heavy atom. The third-order valence-electron chi connectivity index (χ3n) is 3.30. The molecule has 0 aromatic heterocycles. The molecule has 2 amide bonds. The first kappa shape index (κ1) is 19.3. The van der Waals surface area contributed by atoms with Crippen molar-refractivity contribution in [2.24, 2.45) is 0 Å². The van der Waals surface area contributed by atoms with E-state index in [-0.39, 0.29) is 5.91 Å². The van der Waals surface area contributed by atoms with E-state index in [0.29, 0.717) is 18.7 Å². The van der Waals surface area contributed by atoms with Crippen LogP contribution in [-0.2, 0) is 16.1 Å².